The highest BCUT2D eigenvalue weighted by atomic mass is 16.7. The molecule has 16 heavy (non-hydrogen) atoms. The third kappa shape index (κ3) is 2.05. The lowest BCUT2D eigenvalue weighted by molar-refractivity contribution is 0.0371. The minimum Gasteiger partial charge on any atom is -0.502 e. The summed E-state index contributed by atoms with van der Waals surface area (Å²) in [6.07, 6.45) is 0.347. The number of phenols is 1. The Hall–Kier alpha value is -1.46. The topological polar surface area (TPSA) is 71.5 Å². The third-order valence-electron chi connectivity index (χ3n) is 2.50. The summed E-state index contributed by atoms with van der Waals surface area (Å²) in [6.45, 7) is 0.332. The number of aromatic hydroxyl groups is 1. The maximum atomic E-state index is 9.68. The molecule has 0 unspecified atom stereocenters. The highest BCUT2D eigenvalue weighted by Crippen LogP contribution is 2.39. The van der Waals surface area contributed by atoms with E-state index in [-0.39, 0.29) is 5.75 Å². The average Bonchev–Trinajstić information content (AvgIpc) is 2.98. The first-order chi connectivity index (χ1) is 7.58. The van der Waals surface area contributed by atoms with Crippen LogP contribution in [0.3, 0.4) is 0 Å². The van der Waals surface area contributed by atoms with Gasteiger partial charge in [-0.05, 0) is 17.7 Å². The van der Waals surface area contributed by atoms with Gasteiger partial charge in [0, 0.05) is 6.42 Å². The summed E-state index contributed by atoms with van der Waals surface area (Å²) < 4.78 is 14.9. The van der Waals surface area contributed by atoms with Gasteiger partial charge in [-0.3, -0.25) is 0 Å². The molecule has 1 aliphatic heterocycles. The first-order valence-electron chi connectivity index (χ1n) is 4.88. The van der Waals surface area contributed by atoms with Crippen molar-refractivity contribution in [3.63, 3.8) is 0 Å². The van der Waals surface area contributed by atoms with Gasteiger partial charge in [-0.2, -0.15) is 0 Å². The Morgan fingerprint density at radius 2 is 1.81 bits per heavy atom. The summed E-state index contributed by atoms with van der Waals surface area (Å²) in [5.74, 6) is -0.470. The van der Waals surface area contributed by atoms with Crippen molar-refractivity contribution in [2.24, 2.45) is 0 Å². The number of methoxy groups -OCH3 is 2. The standard InChI is InChI=1S/C11H14O5/c1-14-8-3-7(5-11(13)6-16-11)4-9(15-2)10(8)12/h3-4,12-13H,5-6H2,1-2H3/t11-/m1/s1. The molecule has 1 heterocycles. The van der Waals surface area contributed by atoms with Crippen molar-refractivity contribution < 1.29 is 24.4 Å². The number of hydrogen-bond donors (Lipinski definition) is 2. The van der Waals surface area contributed by atoms with E-state index in [0.717, 1.165) is 5.56 Å². The van der Waals surface area contributed by atoms with Crippen LogP contribution in [0.4, 0.5) is 0 Å². The molecule has 5 nitrogen and oxygen atoms in total. The summed E-state index contributed by atoms with van der Waals surface area (Å²) in [4.78, 5) is 0. The van der Waals surface area contributed by atoms with Gasteiger partial charge in [-0.1, -0.05) is 0 Å². The highest BCUT2D eigenvalue weighted by molar-refractivity contribution is 5.53. The van der Waals surface area contributed by atoms with Crippen molar-refractivity contribution in [3.8, 4) is 17.2 Å². The first kappa shape index (κ1) is 11.0. The van der Waals surface area contributed by atoms with E-state index in [0.29, 0.717) is 24.5 Å². The maximum Gasteiger partial charge on any atom is 0.200 e. The van der Waals surface area contributed by atoms with Crippen LogP contribution in [0.25, 0.3) is 0 Å². The molecule has 1 saturated heterocycles. The highest BCUT2D eigenvalue weighted by Gasteiger charge is 2.42. The minimum absolute atomic E-state index is 0.0440. The second kappa shape index (κ2) is 3.84. The molecular weight excluding hydrogens is 212 g/mol. The monoisotopic (exact) mass is 226 g/mol. The van der Waals surface area contributed by atoms with Gasteiger partial charge in [-0.25, -0.2) is 0 Å². The molecular formula is C11H14O5. The number of phenolic OH excluding ortho intramolecular Hbond substituents is 1. The Labute approximate surface area is 93.2 Å². The lowest BCUT2D eigenvalue weighted by Gasteiger charge is -2.12. The molecule has 1 aliphatic rings. The third-order valence-corrected chi connectivity index (χ3v) is 2.50. The van der Waals surface area contributed by atoms with E-state index >= 15 is 0 Å². The molecule has 0 spiro atoms. The van der Waals surface area contributed by atoms with Gasteiger partial charge in [-0.15, -0.1) is 0 Å². The fourth-order valence-electron chi connectivity index (χ4n) is 1.55. The van der Waals surface area contributed by atoms with Crippen molar-refractivity contribution in [2.75, 3.05) is 20.8 Å². The van der Waals surface area contributed by atoms with E-state index in [1.165, 1.54) is 14.2 Å². The fraction of sp³-hybridized carbons (Fsp3) is 0.455. The summed E-state index contributed by atoms with van der Waals surface area (Å²) in [6, 6.07) is 3.30. The molecule has 1 aromatic carbocycles. The van der Waals surface area contributed by atoms with Gasteiger partial charge in [0.2, 0.25) is 5.75 Å². The van der Waals surface area contributed by atoms with Crippen LogP contribution in [0.15, 0.2) is 12.1 Å². The molecule has 1 atom stereocenters. The Morgan fingerprint density at radius 3 is 2.19 bits per heavy atom. The van der Waals surface area contributed by atoms with E-state index in [1.807, 2.05) is 0 Å². The van der Waals surface area contributed by atoms with Gasteiger partial charge in [0.05, 0.1) is 14.2 Å². The van der Waals surface area contributed by atoms with Gasteiger partial charge in [0.25, 0.3) is 0 Å². The minimum atomic E-state index is -1.06. The zero-order valence-electron chi connectivity index (χ0n) is 9.19. The SMILES string of the molecule is COc1cc(C[C@]2(O)CO2)cc(OC)c1O. The molecule has 2 N–H and O–H groups in total. The molecule has 0 bridgehead atoms. The van der Waals surface area contributed by atoms with Crippen molar-refractivity contribution in [2.45, 2.75) is 12.2 Å². The molecule has 0 saturated carbocycles. The van der Waals surface area contributed by atoms with E-state index in [2.05, 4.69) is 0 Å². The van der Waals surface area contributed by atoms with Crippen LogP contribution in [0.1, 0.15) is 5.56 Å². The lowest BCUT2D eigenvalue weighted by Crippen LogP contribution is -2.13. The van der Waals surface area contributed by atoms with E-state index in [4.69, 9.17) is 14.2 Å². The number of hydrogen-bond acceptors (Lipinski definition) is 5. The lowest BCUT2D eigenvalue weighted by atomic mass is 10.1. The largest absolute Gasteiger partial charge is 0.502 e. The van der Waals surface area contributed by atoms with Crippen LogP contribution in [-0.4, -0.2) is 36.8 Å². The Balaban J connectivity index is 2.31. The summed E-state index contributed by atoms with van der Waals surface area (Å²) in [7, 11) is 2.92. The Kier molecular flexibility index (Phi) is 2.65. The van der Waals surface area contributed by atoms with Crippen molar-refractivity contribution >= 4 is 0 Å². The van der Waals surface area contributed by atoms with E-state index in [1.54, 1.807) is 12.1 Å². The number of rotatable bonds is 4. The molecule has 0 aliphatic carbocycles. The summed E-state index contributed by atoms with van der Waals surface area (Å²) in [5, 5.41) is 19.3. The molecule has 1 fully saturated rings. The second-order valence-corrected chi connectivity index (χ2v) is 3.76. The predicted molar refractivity (Wildman–Crippen MR) is 55.8 cm³/mol. The van der Waals surface area contributed by atoms with Gasteiger partial charge < -0.3 is 24.4 Å². The van der Waals surface area contributed by atoms with Crippen LogP contribution in [-0.2, 0) is 11.2 Å². The molecule has 5 heteroatoms. The molecule has 88 valence electrons. The van der Waals surface area contributed by atoms with E-state index < -0.39 is 5.79 Å². The predicted octanol–water partition coefficient (Wildman–Crippen LogP) is 0.671. The van der Waals surface area contributed by atoms with Crippen LogP contribution < -0.4 is 9.47 Å². The fourth-order valence-corrected chi connectivity index (χ4v) is 1.55. The van der Waals surface area contributed by atoms with Gasteiger partial charge >= 0.3 is 0 Å². The van der Waals surface area contributed by atoms with Crippen LogP contribution in [0.2, 0.25) is 0 Å². The van der Waals surface area contributed by atoms with Crippen molar-refractivity contribution in [1.29, 1.82) is 0 Å². The Morgan fingerprint density at radius 1 is 1.31 bits per heavy atom. The zero-order valence-corrected chi connectivity index (χ0v) is 9.19. The maximum absolute atomic E-state index is 9.68. The summed E-state index contributed by atoms with van der Waals surface area (Å²) >= 11 is 0. The quantitative estimate of drug-likeness (QED) is 0.738. The molecule has 0 aromatic heterocycles. The van der Waals surface area contributed by atoms with Crippen molar-refractivity contribution in [3.05, 3.63) is 17.7 Å². The van der Waals surface area contributed by atoms with Crippen LogP contribution in [0.5, 0.6) is 17.2 Å². The smallest absolute Gasteiger partial charge is 0.200 e. The second-order valence-electron chi connectivity index (χ2n) is 3.76. The van der Waals surface area contributed by atoms with Crippen LogP contribution in [0, 0.1) is 0 Å². The number of ether oxygens (including phenoxy) is 3. The van der Waals surface area contributed by atoms with Gasteiger partial charge in [0.15, 0.2) is 17.3 Å². The van der Waals surface area contributed by atoms with Crippen molar-refractivity contribution in [1.82, 2.24) is 0 Å². The molecule has 1 aromatic rings. The molecule has 2 rings (SSSR count). The van der Waals surface area contributed by atoms with Crippen LogP contribution >= 0.6 is 0 Å². The number of benzene rings is 1. The van der Waals surface area contributed by atoms with Gasteiger partial charge in [0.1, 0.15) is 6.61 Å². The van der Waals surface area contributed by atoms with E-state index in [9.17, 15) is 10.2 Å². The molecule has 0 amide bonds. The normalized spacial score (nSPS) is 22.9. The Bertz CT molecular complexity index is 372. The first-order valence-corrected chi connectivity index (χ1v) is 4.88. The molecule has 0 radical (unpaired) electrons. The number of aliphatic hydroxyl groups is 1. The number of epoxide rings is 1. The summed E-state index contributed by atoms with van der Waals surface area (Å²) in [5.41, 5.74) is 0.784. The average molecular weight is 226 g/mol. The zero-order chi connectivity index (χ0) is 11.8.